The van der Waals surface area contributed by atoms with E-state index in [-0.39, 0.29) is 0 Å². The van der Waals surface area contributed by atoms with Gasteiger partial charge in [-0.15, -0.1) is 0 Å². The molecule has 0 atom stereocenters. The molecule has 0 saturated heterocycles. The maximum Gasteiger partial charge on any atom is 0.217 e. The minimum Gasteiger partial charge on any atom is -0.385 e. The van der Waals surface area contributed by atoms with Crippen molar-refractivity contribution in [3.05, 3.63) is 18.3 Å². The first-order valence-corrected chi connectivity index (χ1v) is 4.53. The van der Waals surface area contributed by atoms with Gasteiger partial charge in [-0.05, 0) is 12.8 Å². The van der Waals surface area contributed by atoms with Crippen molar-refractivity contribution in [1.29, 1.82) is 0 Å². The molecule has 1 heterocycles. The molecular weight excluding hydrogens is 185 g/mol. The van der Waals surface area contributed by atoms with Crippen LogP contribution < -0.4 is 5.32 Å². The van der Waals surface area contributed by atoms with Crippen LogP contribution >= 0.6 is 0 Å². The number of rotatable bonds is 6. The summed E-state index contributed by atoms with van der Waals surface area (Å²) in [6.45, 7) is 1.51. The van der Waals surface area contributed by atoms with Gasteiger partial charge in [0.25, 0.3) is 0 Å². The predicted molar refractivity (Wildman–Crippen MR) is 51.6 cm³/mol. The van der Waals surface area contributed by atoms with E-state index >= 15 is 0 Å². The Balaban J connectivity index is 2.18. The Hall–Kier alpha value is -1.23. The molecule has 0 aliphatic carbocycles. The molecule has 0 unspecified atom stereocenters. The van der Waals surface area contributed by atoms with Crippen LogP contribution in [0, 0.1) is 5.95 Å². The Morgan fingerprint density at radius 3 is 3.00 bits per heavy atom. The van der Waals surface area contributed by atoms with Gasteiger partial charge in [-0.2, -0.15) is 4.39 Å². The summed E-state index contributed by atoms with van der Waals surface area (Å²) < 4.78 is 17.5. The minimum absolute atomic E-state index is 0.514. The number of halogens is 1. The van der Waals surface area contributed by atoms with Crippen molar-refractivity contribution < 1.29 is 9.13 Å². The van der Waals surface area contributed by atoms with Crippen LogP contribution in [0.3, 0.4) is 0 Å². The van der Waals surface area contributed by atoms with Crippen molar-refractivity contribution in [3.8, 4) is 0 Å². The van der Waals surface area contributed by atoms with E-state index < -0.39 is 5.95 Å². The van der Waals surface area contributed by atoms with Crippen LogP contribution in [-0.2, 0) is 4.74 Å². The monoisotopic (exact) mass is 199 g/mol. The molecule has 1 aromatic heterocycles. The van der Waals surface area contributed by atoms with Gasteiger partial charge in [-0.1, -0.05) is 0 Å². The van der Waals surface area contributed by atoms with Crippen molar-refractivity contribution in [1.82, 2.24) is 9.97 Å². The van der Waals surface area contributed by atoms with Gasteiger partial charge in [0.2, 0.25) is 5.95 Å². The van der Waals surface area contributed by atoms with Crippen LogP contribution in [0.15, 0.2) is 12.4 Å². The third-order valence-corrected chi connectivity index (χ3v) is 1.72. The number of methoxy groups -OCH3 is 1. The predicted octanol–water partition coefficient (Wildman–Crippen LogP) is 1.45. The number of hydrogen-bond donors (Lipinski definition) is 1. The molecule has 0 amide bonds. The highest BCUT2D eigenvalue weighted by molar-refractivity contribution is 5.31. The van der Waals surface area contributed by atoms with Crippen molar-refractivity contribution in [2.75, 3.05) is 25.6 Å². The quantitative estimate of drug-likeness (QED) is 0.556. The van der Waals surface area contributed by atoms with Crippen molar-refractivity contribution in [2.24, 2.45) is 0 Å². The van der Waals surface area contributed by atoms with Gasteiger partial charge in [-0.3, -0.25) is 0 Å². The average molecular weight is 199 g/mol. The average Bonchev–Trinajstić information content (AvgIpc) is 2.18. The van der Waals surface area contributed by atoms with Gasteiger partial charge in [-0.25, -0.2) is 9.97 Å². The van der Waals surface area contributed by atoms with E-state index in [1.807, 2.05) is 0 Å². The molecule has 0 spiro atoms. The highest BCUT2D eigenvalue weighted by atomic mass is 19.1. The summed E-state index contributed by atoms with van der Waals surface area (Å²) in [5.74, 6) is 0.00862. The summed E-state index contributed by atoms with van der Waals surface area (Å²) in [5, 5.41) is 3.00. The van der Waals surface area contributed by atoms with E-state index in [4.69, 9.17) is 4.74 Å². The number of ether oxygens (including phenoxy) is 1. The zero-order valence-corrected chi connectivity index (χ0v) is 8.16. The van der Waals surface area contributed by atoms with Gasteiger partial charge < -0.3 is 10.1 Å². The summed E-state index contributed by atoms with van der Waals surface area (Å²) in [6, 6.07) is 1.27. The molecule has 0 bridgehead atoms. The zero-order valence-electron chi connectivity index (χ0n) is 8.16. The lowest BCUT2D eigenvalue weighted by Crippen LogP contribution is -2.05. The van der Waals surface area contributed by atoms with Gasteiger partial charge in [0.15, 0.2) is 0 Å². The Morgan fingerprint density at radius 1 is 1.43 bits per heavy atom. The second-order valence-corrected chi connectivity index (χ2v) is 2.85. The molecule has 1 rings (SSSR count). The summed E-state index contributed by atoms with van der Waals surface area (Å²) >= 11 is 0. The molecule has 0 radical (unpaired) electrons. The third kappa shape index (κ3) is 4.13. The maximum atomic E-state index is 12.6. The lowest BCUT2D eigenvalue weighted by atomic mass is 10.3. The fraction of sp³-hybridized carbons (Fsp3) is 0.556. The van der Waals surface area contributed by atoms with Gasteiger partial charge in [0.05, 0.1) is 0 Å². The molecular formula is C9H14FN3O. The number of nitrogens with zero attached hydrogens (tertiary/aromatic N) is 2. The third-order valence-electron chi connectivity index (χ3n) is 1.72. The number of aromatic nitrogens is 2. The molecule has 0 aliphatic rings. The minimum atomic E-state index is -0.514. The van der Waals surface area contributed by atoms with Crippen molar-refractivity contribution in [2.45, 2.75) is 12.8 Å². The molecule has 0 aliphatic heterocycles. The normalized spacial score (nSPS) is 10.1. The number of nitrogens with one attached hydrogen (secondary N) is 1. The molecule has 14 heavy (non-hydrogen) atoms. The molecule has 0 saturated carbocycles. The van der Waals surface area contributed by atoms with Crippen molar-refractivity contribution >= 4 is 5.82 Å². The van der Waals surface area contributed by atoms with Crippen LogP contribution in [0.2, 0.25) is 0 Å². The molecule has 1 N–H and O–H groups in total. The summed E-state index contributed by atoms with van der Waals surface area (Å²) in [7, 11) is 1.67. The largest absolute Gasteiger partial charge is 0.385 e. The Morgan fingerprint density at radius 2 is 2.29 bits per heavy atom. The van der Waals surface area contributed by atoms with Crippen molar-refractivity contribution in [3.63, 3.8) is 0 Å². The first-order chi connectivity index (χ1) is 6.83. The first-order valence-electron chi connectivity index (χ1n) is 4.53. The second-order valence-electron chi connectivity index (χ2n) is 2.85. The molecule has 1 aromatic rings. The fourth-order valence-corrected chi connectivity index (χ4v) is 1.02. The van der Waals surface area contributed by atoms with Gasteiger partial charge in [0, 0.05) is 26.3 Å². The Kier molecular flexibility index (Phi) is 4.85. The number of anilines is 1. The lowest BCUT2D eigenvalue weighted by molar-refractivity contribution is 0.194. The smallest absolute Gasteiger partial charge is 0.217 e. The van der Waals surface area contributed by atoms with E-state index in [0.29, 0.717) is 5.82 Å². The zero-order chi connectivity index (χ0) is 10.2. The summed E-state index contributed by atoms with van der Waals surface area (Å²) in [6.07, 6.45) is 3.16. The lowest BCUT2D eigenvalue weighted by Gasteiger charge is -2.04. The second kappa shape index (κ2) is 6.26. The van der Waals surface area contributed by atoms with Crippen LogP contribution in [0.1, 0.15) is 12.8 Å². The van der Waals surface area contributed by atoms with Crippen LogP contribution in [0.5, 0.6) is 0 Å². The topological polar surface area (TPSA) is 47.0 Å². The Labute approximate surface area is 82.5 Å². The van der Waals surface area contributed by atoms with E-state index in [0.717, 1.165) is 26.0 Å². The van der Waals surface area contributed by atoms with Gasteiger partial charge >= 0.3 is 0 Å². The molecule has 5 heteroatoms. The molecule has 0 aromatic carbocycles. The van der Waals surface area contributed by atoms with Crippen LogP contribution in [0.4, 0.5) is 10.2 Å². The SMILES string of the molecule is COCCCCNc1cc(F)ncn1. The highest BCUT2D eigenvalue weighted by Crippen LogP contribution is 2.02. The number of hydrogen-bond acceptors (Lipinski definition) is 4. The summed E-state index contributed by atoms with van der Waals surface area (Å²) in [4.78, 5) is 7.22. The Bertz CT molecular complexity index is 270. The van der Waals surface area contributed by atoms with Crippen LogP contribution in [0.25, 0.3) is 0 Å². The fourth-order valence-electron chi connectivity index (χ4n) is 1.02. The summed E-state index contributed by atoms with van der Waals surface area (Å²) in [5.41, 5.74) is 0. The van der Waals surface area contributed by atoms with Gasteiger partial charge in [0.1, 0.15) is 12.1 Å². The molecule has 0 fully saturated rings. The van der Waals surface area contributed by atoms with E-state index in [1.165, 1.54) is 12.4 Å². The molecule has 4 nitrogen and oxygen atoms in total. The van der Waals surface area contributed by atoms with E-state index in [2.05, 4.69) is 15.3 Å². The van der Waals surface area contributed by atoms with E-state index in [9.17, 15) is 4.39 Å². The highest BCUT2D eigenvalue weighted by Gasteiger charge is 1.95. The first kappa shape index (κ1) is 10.8. The van der Waals surface area contributed by atoms with E-state index in [1.54, 1.807) is 7.11 Å². The number of unbranched alkanes of at least 4 members (excludes halogenated alkanes) is 1. The maximum absolute atomic E-state index is 12.6. The standard InChI is InChI=1S/C9H14FN3O/c1-14-5-3-2-4-11-9-6-8(10)12-7-13-9/h6-7H,2-5H2,1H3,(H,11,12,13). The van der Waals surface area contributed by atoms with Crippen LogP contribution in [-0.4, -0.2) is 30.2 Å². The molecule has 78 valence electrons.